The van der Waals surface area contributed by atoms with E-state index in [0.717, 1.165) is 11.1 Å². The number of Topliss-reactive ketones (excluding diaryl/α,β-unsaturated/α-hetero) is 1. The van der Waals surface area contributed by atoms with Gasteiger partial charge in [-0.3, -0.25) is 9.59 Å². The average molecular weight is 569 g/mol. The van der Waals surface area contributed by atoms with Crippen molar-refractivity contribution < 1.29 is 39.1 Å². The number of aliphatic hydroxyl groups excluding tert-OH is 3. The molecule has 1 aliphatic rings. The van der Waals surface area contributed by atoms with Crippen LogP contribution < -0.4 is 0 Å². The topological polar surface area (TPSA) is 123 Å². The summed E-state index contributed by atoms with van der Waals surface area (Å²) in [6.45, 7) is -0.365. The average Bonchev–Trinajstić information content (AvgIpc) is 2.98. The summed E-state index contributed by atoms with van der Waals surface area (Å²) in [5, 5.41) is 31.0. The minimum absolute atomic E-state index is 0.0568. The molecule has 2 unspecified atom stereocenters. The summed E-state index contributed by atoms with van der Waals surface area (Å²) < 4.78 is 16.0. The number of methoxy groups -OCH3 is 1. The van der Waals surface area contributed by atoms with Gasteiger partial charge in [-0.05, 0) is 29.2 Å². The largest absolute Gasteiger partial charge is 0.463 e. The lowest BCUT2D eigenvalue weighted by Crippen LogP contribution is -2.59. The summed E-state index contributed by atoms with van der Waals surface area (Å²) >= 11 is 6.15. The maximum Gasteiger partial charge on any atom is 0.306 e. The summed E-state index contributed by atoms with van der Waals surface area (Å²) in [6.07, 6.45) is -6.68. The minimum Gasteiger partial charge on any atom is -0.463 e. The van der Waals surface area contributed by atoms with Gasteiger partial charge in [-0.1, -0.05) is 84.4 Å². The predicted molar refractivity (Wildman–Crippen MR) is 148 cm³/mol. The Hall–Kier alpha value is -3.11. The van der Waals surface area contributed by atoms with Crippen LogP contribution in [0.2, 0.25) is 5.02 Å². The Kier molecular flexibility index (Phi) is 10.4. The molecule has 0 spiro atoms. The van der Waals surface area contributed by atoms with Gasteiger partial charge in [0.05, 0.1) is 6.42 Å². The zero-order chi connectivity index (χ0) is 28.6. The van der Waals surface area contributed by atoms with Gasteiger partial charge in [0.15, 0.2) is 12.1 Å². The molecule has 40 heavy (non-hydrogen) atoms. The molecule has 0 saturated carbocycles. The van der Waals surface area contributed by atoms with E-state index in [1.807, 2.05) is 60.7 Å². The fourth-order valence-electron chi connectivity index (χ4n) is 5.00. The fraction of sp³-hybridized carbons (Fsp3) is 0.355. The van der Waals surface area contributed by atoms with Crippen LogP contribution >= 0.6 is 11.6 Å². The number of carbonyl (C=O) groups is 2. The van der Waals surface area contributed by atoms with Crippen molar-refractivity contribution in [3.63, 3.8) is 0 Å². The van der Waals surface area contributed by atoms with Crippen molar-refractivity contribution in [2.24, 2.45) is 0 Å². The van der Waals surface area contributed by atoms with Gasteiger partial charge >= 0.3 is 5.97 Å². The third-order valence-electron chi connectivity index (χ3n) is 7.21. The van der Waals surface area contributed by atoms with Crippen LogP contribution in [0.15, 0.2) is 84.9 Å². The highest BCUT2D eigenvalue weighted by Gasteiger charge is 2.44. The van der Waals surface area contributed by atoms with Crippen LogP contribution in [0.25, 0.3) is 0 Å². The van der Waals surface area contributed by atoms with Crippen LogP contribution in [-0.4, -0.2) is 71.5 Å². The van der Waals surface area contributed by atoms with Gasteiger partial charge in [0.25, 0.3) is 0 Å². The smallest absolute Gasteiger partial charge is 0.306 e. The van der Waals surface area contributed by atoms with E-state index in [4.69, 9.17) is 25.8 Å². The van der Waals surface area contributed by atoms with Crippen molar-refractivity contribution in [3.8, 4) is 0 Å². The van der Waals surface area contributed by atoms with Crippen molar-refractivity contribution in [2.75, 3.05) is 13.7 Å². The molecule has 0 radical (unpaired) electrons. The quantitative estimate of drug-likeness (QED) is 0.235. The molecule has 9 heteroatoms. The highest BCUT2D eigenvalue weighted by molar-refractivity contribution is 6.30. The molecular weight excluding hydrogens is 536 g/mol. The summed E-state index contributed by atoms with van der Waals surface area (Å²) in [4.78, 5) is 26.6. The van der Waals surface area contributed by atoms with Crippen LogP contribution in [0.4, 0.5) is 0 Å². The number of ether oxygens (including phenoxy) is 3. The number of carbonyl (C=O) groups excluding carboxylic acids is 2. The van der Waals surface area contributed by atoms with Crippen LogP contribution in [0, 0.1) is 0 Å². The second-order valence-electron chi connectivity index (χ2n) is 9.81. The molecule has 0 aromatic heterocycles. The minimum atomic E-state index is -1.53. The van der Waals surface area contributed by atoms with Crippen LogP contribution in [-0.2, 0) is 19.0 Å². The van der Waals surface area contributed by atoms with Gasteiger partial charge < -0.3 is 29.5 Å². The van der Waals surface area contributed by atoms with Crippen molar-refractivity contribution in [1.82, 2.24) is 0 Å². The lowest BCUT2D eigenvalue weighted by atomic mass is 9.76. The van der Waals surface area contributed by atoms with E-state index >= 15 is 0 Å². The maximum absolute atomic E-state index is 13.4. The Morgan fingerprint density at radius 3 is 2.00 bits per heavy atom. The maximum atomic E-state index is 13.4. The highest BCUT2D eigenvalue weighted by Crippen LogP contribution is 2.40. The number of aliphatic hydroxyl groups is 3. The number of ketones is 1. The molecule has 0 aliphatic carbocycles. The Bertz CT molecular complexity index is 1240. The highest BCUT2D eigenvalue weighted by atomic mass is 35.5. The number of hydrogen-bond donors (Lipinski definition) is 3. The Labute approximate surface area is 238 Å². The molecule has 1 saturated heterocycles. The molecule has 4 rings (SSSR count). The number of esters is 1. The molecule has 3 aromatic rings. The first-order valence-corrected chi connectivity index (χ1v) is 13.4. The van der Waals surface area contributed by atoms with Crippen molar-refractivity contribution >= 4 is 23.4 Å². The number of rotatable bonds is 11. The van der Waals surface area contributed by atoms with E-state index in [2.05, 4.69) is 0 Å². The molecular formula is C31H33ClO8. The van der Waals surface area contributed by atoms with E-state index in [9.17, 15) is 24.9 Å². The first-order valence-electron chi connectivity index (χ1n) is 13.0. The van der Waals surface area contributed by atoms with Gasteiger partial charge in [0, 0.05) is 30.0 Å². The van der Waals surface area contributed by atoms with Gasteiger partial charge in [0.1, 0.15) is 31.0 Å². The molecule has 0 amide bonds. The zero-order valence-corrected chi connectivity index (χ0v) is 22.8. The second-order valence-corrected chi connectivity index (χ2v) is 10.2. The van der Waals surface area contributed by atoms with Gasteiger partial charge in [-0.15, -0.1) is 0 Å². The third kappa shape index (κ3) is 7.34. The SMILES string of the molecule is CO[C@H]1O[C@H](COC(=O)CC(c2ccc(Cl)cc2)C(CC(=O)c2ccccc2)c2ccccc2)[C@@H](O)[C@H](O)[C@H]1O. The summed E-state index contributed by atoms with van der Waals surface area (Å²) in [7, 11) is 1.29. The molecule has 1 heterocycles. The normalized spacial score (nSPS) is 24.2. The summed E-state index contributed by atoms with van der Waals surface area (Å²) in [6, 6.07) is 25.7. The first-order chi connectivity index (χ1) is 19.3. The third-order valence-corrected chi connectivity index (χ3v) is 7.46. The molecule has 3 aromatic carbocycles. The Balaban J connectivity index is 1.57. The first kappa shape index (κ1) is 29.9. The Morgan fingerprint density at radius 2 is 1.38 bits per heavy atom. The van der Waals surface area contributed by atoms with Crippen molar-refractivity contribution in [3.05, 3.63) is 107 Å². The second kappa shape index (κ2) is 14.0. The Morgan fingerprint density at radius 1 is 0.800 bits per heavy atom. The molecule has 212 valence electrons. The molecule has 8 nitrogen and oxygen atoms in total. The fourth-order valence-corrected chi connectivity index (χ4v) is 5.13. The van der Waals surface area contributed by atoms with Crippen LogP contribution in [0.1, 0.15) is 46.2 Å². The number of benzene rings is 3. The van der Waals surface area contributed by atoms with Crippen LogP contribution in [0.5, 0.6) is 0 Å². The van der Waals surface area contributed by atoms with E-state index in [1.165, 1.54) is 7.11 Å². The van der Waals surface area contributed by atoms with Gasteiger partial charge in [-0.25, -0.2) is 0 Å². The van der Waals surface area contributed by atoms with Gasteiger partial charge in [-0.2, -0.15) is 0 Å². The van der Waals surface area contributed by atoms with E-state index in [-0.39, 0.29) is 31.1 Å². The summed E-state index contributed by atoms with van der Waals surface area (Å²) in [5.74, 6) is -1.46. The predicted octanol–water partition coefficient (Wildman–Crippen LogP) is 3.87. The lowest BCUT2D eigenvalue weighted by Gasteiger charge is -2.39. The molecule has 3 N–H and O–H groups in total. The summed E-state index contributed by atoms with van der Waals surface area (Å²) in [5.41, 5.74) is 2.28. The van der Waals surface area contributed by atoms with Crippen LogP contribution in [0.3, 0.4) is 0 Å². The number of halogens is 1. The van der Waals surface area contributed by atoms with E-state index in [0.29, 0.717) is 10.6 Å². The monoisotopic (exact) mass is 568 g/mol. The molecule has 1 aliphatic heterocycles. The van der Waals surface area contributed by atoms with Crippen molar-refractivity contribution in [1.29, 1.82) is 0 Å². The zero-order valence-electron chi connectivity index (χ0n) is 22.0. The molecule has 0 bridgehead atoms. The number of hydrogen-bond acceptors (Lipinski definition) is 8. The van der Waals surface area contributed by atoms with Crippen molar-refractivity contribution in [2.45, 2.75) is 55.4 Å². The molecule has 7 atom stereocenters. The molecule has 1 fully saturated rings. The van der Waals surface area contributed by atoms with E-state index in [1.54, 1.807) is 24.3 Å². The van der Waals surface area contributed by atoms with Gasteiger partial charge in [0.2, 0.25) is 0 Å². The lowest BCUT2D eigenvalue weighted by molar-refractivity contribution is -0.295. The van der Waals surface area contributed by atoms with E-state index < -0.39 is 42.6 Å². The standard InChI is InChI=1S/C31H33ClO8/c1-38-31-30(37)29(36)28(35)26(40-31)18-39-27(34)17-24(20-12-14-22(32)15-13-20)23(19-8-4-2-5-9-19)16-25(33)21-10-6-3-7-11-21/h2-15,23-24,26,28-31,35-37H,16-18H2,1H3/t23?,24?,26-,28-,29+,30-,31+/m1/s1.